The SMILES string of the molecule is CCOC(=O)C1=C(CSc2nc(C)cc(C)c2C#N)SC(N)=C(C#N)C1c1ccccc1I. The lowest BCUT2D eigenvalue weighted by Gasteiger charge is -2.28. The van der Waals surface area contributed by atoms with Gasteiger partial charge in [0.15, 0.2) is 0 Å². The van der Waals surface area contributed by atoms with Crippen LogP contribution in [0.1, 0.15) is 35.2 Å². The Hall–Kier alpha value is -2.47. The molecule has 0 saturated carbocycles. The summed E-state index contributed by atoms with van der Waals surface area (Å²) in [5.74, 6) is -0.732. The molecule has 1 aromatic carbocycles. The number of carbonyl (C=O) groups excluding carboxylic acids is 1. The van der Waals surface area contributed by atoms with Gasteiger partial charge in [-0.15, -0.1) is 0 Å². The van der Waals surface area contributed by atoms with Crippen molar-refractivity contribution in [3.63, 3.8) is 0 Å². The van der Waals surface area contributed by atoms with Gasteiger partial charge in [-0.25, -0.2) is 9.78 Å². The van der Waals surface area contributed by atoms with Crippen LogP contribution in [0.2, 0.25) is 0 Å². The Morgan fingerprint density at radius 3 is 2.67 bits per heavy atom. The summed E-state index contributed by atoms with van der Waals surface area (Å²) in [6.07, 6.45) is 0. The lowest BCUT2D eigenvalue weighted by atomic mass is 9.84. The molecular formula is C24H21IN4O2S2. The second kappa shape index (κ2) is 11.1. The van der Waals surface area contributed by atoms with Gasteiger partial charge in [0.25, 0.3) is 0 Å². The minimum Gasteiger partial charge on any atom is -0.463 e. The zero-order chi connectivity index (χ0) is 24.1. The van der Waals surface area contributed by atoms with Crippen LogP contribution in [-0.4, -0.2) is 23.3 Å². The maximum absolute atomic E-state index is 13.2. The van der Waals surface area contributed by atoms with Crippen LogP contribution in [0.4, 0.5) is 0 Å². The highest BCUT2D eigenvalue weighted by Gasteiger charge is 2.37. The number of pyridine rings is 1. The van der Waals surface area contributed by atoms with Crippen molar-refractivity contribution in [1.29, 1.82) is 10.5 Å². The Morgan fingerprint density at radius 1 is 1.30 bits per heavy atom. The van der Waals surface area contributed by atoms with E-state index in [0.29, 0.717) is 37.4 Å². The van der Waals surface area contributed by atoms with E-state index in [4.69, 9.17) is 10.5 Å². The highest BCUT2D eigenvalue weighted by molar-refractivity contribution is 14.1. The summed E-state index contributed by atoms with van der Waals surface area (Å²) in [6, 6.07) is 13.9. The molecule has 0 saturated heterocycles. The Kier molecular flexibility index (Phi) is 8.46. The van der Waals surface area contributed by atoms with Crippen LogP contribution >= 0.6 is 46.1 Å². The van der Waals surface area contributed by atoms with E-state index in [1.54, 1.807) is 6.92 Å². The first-order chi connectivity index (χ1) is 15.8. The first kappa shape index (κ1) is 25.2. The van der Waals surface area contributed by atoms with Gasteiger partial charge in [-0.05, 0) is 66.6 Å². The normalized spacial score (nSPS) is 15.8. The quantitative estimate of drug-likeness (QED) is 0.275. The van der Waals surface area contributed by atoms with Crippen molar-refractivity contribution < 1.29 is 9.53 Å². The molecule has 0 bridgehead atoms. The number of ether oxygens (including phenoxy) is 1. The van der Waals surface area contributed by atoms with E-state index in [2.05, 4.69) is 39.7 Å². The number of aromatic nitrogens is 1. The van der Waals surface area contributed by atoms with Gasteiger partial charge >= 0.3 is 5.97 Å². The predicted molar refractivity (Wildman–Crippen MR) is 139 cm³/mol. The maximum atomic E-state index is 13.2. The molecule has 1 aromatic heterocycles. The number of nitrogens with two attached hydrogens (primary N) is 1. The summed E-state index contributed by atoms with van der Waals surface area (Å²) in [5, 5.41) is 20.5. The zero-order valence-electron chi connectivity index (χ0n) is 18.3. The second-order valence-corrected chi connectivity index (χ2v) is 10.4. The molecule has 3 rings (SSSR count). The first-order valence-electron chi connectivity index (χ1n) is 10.1. The Balaban J connectivity index is 2.14. The number of aryl methyl sites for hydroxylation is 2. The number of hydrogen-bond acceptors (Lipinski definition) is 8. The molecule has 6 nitrogen and oxygen atoms in total. The van der Waals surface area contributed by atoms with Crippen molar-refractivity contribution in [3.05, 3.63) is 77.4 Å². The molecule has 1 unspecified atom stereocenters. The summed E-state index contributed by atoms with van der Waals surface area (Å²) in [4.78, 5) is 18.4. The van der Waals surface area contributed by atoms with Crippen molar-refractivity contribution in [1.82, 2.24) is 4.98 Å². The Morgan fingerprint density at radius 2 is 2.03 bits per heavy atom. The number of nitrogens with zero attached hydrogens (tertiary/aromatic N) is 3. The number of thioether (sulfide) groups is 2. The molecule has 1 atom stereocenters. The monoisotopic (exact) mass is 588 g/mol. The number of rotatable bonds is 6. The smallest absolute Gasteiger partial charge is 0.335 e. The third-order valence-electron chi connectivity index (χ3n) is 4.97. The second-order valence-electron chi connectivity index (χ2n) is 7.16. The number of allylic oxidation sites excluding steroid dienone is 1. The third-order valence-corrected chi connectivity index (χ3v) is 8.19. The minimum atomic E-state index is -0.623. The standard InChI is InChI=1S/C24H21IN4O2S2/c1-4-31-24(30)21-19(12-32-23-16(10-26)13(2)9-14(3)29-23)33-22(28)17(11-27)20(21)15-7-5-6-8-18(15)25/h5-9,20H,4,12,28H2,1-3H3. The number of hydrogen-bond donors (Lipinski definition) is 1. The molecule has 0 aliphatic carbocycles. The minimum absolute atomic E-state index is 0.213. The van der Waals surface area contributed by atoms with Gasteiger partial charge < -0.3 is 10.5 Å². The van der Waals surface area contributed by atoms with E-state index >= 15 is 0 Å². The van der Waals surface area contributed by atoms with E-state index in [1.807, 2.05) is 44.2 Å². The molecule has 2 aromatic rings. The molecule has 2 N–H and O–H groups in total. The number of esters is 1. The van der Waals surface area contributed by atoms with E-state index < -0.39 is 11.9 Å². The summed E-state index contributed by atoms with van der Waals surface area (Å²) in [5.41, 5.74) is 10.1. The molecule has 33 heavy (non-hydrogen) atoms. The Labute approximate surface area is 215 Å². The molecule has 0 radical (unpaired) electrons. The maximum Gasteiger partial charge on any atom is 0.335 e. The number of carbonyl (C=O) groups is 1. The number of halogens is 1. The highest BCUT2D eigenvalue weighted by Crippen LogP contribution is 2.47. The third kappa shape index (κ3) is 5.37. The molecule has 0 amide bonds. The molecule has 0 fully saturated rings. The summed E-state index contributed by atoms with van der Waals surface area (Å²) < 4.78 is 6.32. The van der Waals surface area contributed by atoms with Crippen molar-refractivity contribution >= 4 is 52.1 Å². The average Bonchev–Trinajstić information content (AvgIpc) is 2.77. The van der Waals surface area contributed by atoms with Gasteiger partial charge in [0.05, 0.1) is 40.3 Å². The lowest BCUT2D eigenvalue weighted by molar-refractivity contribution is -0.138. The largest absolute Gasteiger partial charge is 0.463 e. The fourth-order valence-electron chi connectivity index (χ4n) is 3.55. The van der Waals surface area contributed by atoms with Crippen LogP contribution < -0.4 is 5.73 Å². The molecule has 9 heteroatoms. The van der Waals surface area contributed by atoms with E-state index in [0.717, 1.165) is 20.4 Å². The number of nitriles is 2. The van der Waals surface area contributed by atoms with E-state index in [-0.39, 0.29) is 6.61 Å². The summed E-state index contributed by atoms with van der Waals surface area (Å²) in [7, 11) is 0. The summed E-state index contributed by atoms with van der Waals surface area (Å²) in [6.45, 7) is 5.72. The van der Waals surface area contributed by atoms with Crippen molar-refractivity contribution in [2.24, 2.45) is 5.73 Å². The average molecular weight is 588 g/mol. The van der Waals surface area contributed by atoms with Gasteiger partial charge in [-0.1, -0.05) is 41.7 Å². The topological polar surface area (TPSA) is 113 Å². The summed E-state index contributed by atoms with van der Waals surface area (Å²) >= 11 is 4.78. The van der Waals surface area contributed by atoms with Crippen LogP contribution in [0.15, 0.2) is 56.4 Å². The Bertz CT molecular complexity index is 1260. The van der Waals surface area contributed by atoms with Crippen molar-refractivity contribution in [2.45, 2.75) is 31.7 Å². The van der Waals surface area contributed by atoms with Crippen LogP contribution in [0, 0.1) is 40.1 Å². The van der Waals surface area contributed by atoms with E-state index in [1.165, 1.54) is 23.5 Å². The van der Waals surface area contributed by atoms with Gasteiger partial charge in [-0.3, -0.25) is 0 Å². The molecule has 2 heterocycles. The molecule has 1 aliphatic heterocycles. The fraction of sp³-hybridized carbons (Fsp3) is 0.250. The molecule has 168 valence electrons. The first-order valence-corrected chi connectivity index (χ1v) is 12.9. The van der Waals surface area contributed by atoms with Crippen LogP contribution in [-0.2, 0) is 9.53 Å². The van der Waals surface area contributed by atoms with Crippen LogP contribution in [0.5, 0.6) is 0 Å². The van der Waals surface area contributed by atoms with Crippen molar-refractivity contribution in [3.8, 4) is 12.1 Å². The molecule has 0 spiro atoms. The van der Waals surface area contributed by atoms with Gasteiger partial charge in [0.2, 0.25) is 0 Å². The molecular weight excluding hydrogens is 567 g/mol. The lowest BCUT2D eigenvalue weighted by Crippen LogP contribution is -2.24. The van der Waals surface area contributed by atoms with Gasteiger partial charge in [-0.2, -0.15) is 10.5 Å². The highest BCUT2D eigenvalue weighted by atomic mass is 127. The zero-order valence-corrected chi connectivity index (χ0v) is 22.1. The van der Waals surface area contributed by atoms with Crippen LogP contribution in [0.25, 0.3) is 0 Å². The number of benzene rings is 1. The predicted octanol–water partition coefficient (Wildman–Crippen LogP) is 5.31. The fourth-order valence-corrected chi connectivity index (χ4v) is 6.50. The molecule has 1 aliphatic rings. The van der Waals surface area contributed by atoms with Gasteiger partial charge in [0.1, 0.15) is 11.1 Å². The van der Waals surface area contributed by atoms with Gasteiger partial charge in [0, 0.05) is 19.9 Å². The van der Waals surface area contributed by atoms with Crippen LogP contribution in [0.3, 0.4) is 0 Å². The van der Waals surface area contributed by atoms with E-state index in [9.17, 15) is 15.3 Å². The van der Waals surface area contributed by atoms with Crippen molar-refractivity contribution in [2.75, 3.05) is 12.4 Å².